The zero-order valence-electron chi connectivity index (χ0n) is 10.7. The van der Waals surface area contributed by atoms with Gasteiger partial charge in [0, 0.05) is 13.1 Å². The number of hydrogen-bond donors (Lipinski definition) is 2. The number of carboxylic acids is 1. The molecule has 0 heterocycles. The molecule has 0 aromatic carbocycles. The first-order valence-electron chi connectivity index (χ1n) is 5.82. The van der Waals surface area contributed by atoms with Crippen molar-refractivity contribution >= 4 is 23.6 Å². The molecular formula is C11H22N2O3S. The van der Waals surface area contributed by atoms with E-state index in [-0.39, 0.29) is 11.2 Å². The third-order valence-electron chi connectivity index (χ3n) is 2.54. The molecule has 2 unspecified atom stereocenters. The van der Waals surface area contributed by atoms with E-state index >= 15 is 0 Å². The van der Waals surface area contributed by atoms with Crippen LogP contribution in [0, 0.1) is 0 Å². The fourth-order valence-corrected chi connectivity index (χ4v) is 2.39. The van der Waals surface area contributed by atoms with E-state index in [0.29, 0.717) is 25.3 Å². The van der Waals surface area contributed by atoms with Crippen LogP contribution < -0.4 is 5.73 Å². The molecule has 0 saturated heterocycles. The third kappa shape index (κ3) is 5.93. The largest absolute Gasteiger partial charge is 0.480 e. The monoisotopic (exact) mass is 262 g/mol. The summed E-state index contributed by atoms with van der Waals surface area (Å²) in [5.74, 6) is -0.307. The van der Waals surface area contributed by atoms with Gasteiger partial charge >= 0.3 is 5.97 Å². The molecule has 1 amide bonds. The first-order chi connectivity index (χ1) is 7.93. The van der Waals surface area contributed by atoms with E-state index in [1.54, 1.807) is 4.90 Å². The van der Waals surface area contributed by atoms with Gasteiger partial charge in [-0.1, -0.05) is 0 Å². The molecular weight excluding hydrogens is 240 g/mol. The standard InChI is InChI=1S/C11H22N2O3S/c1-4-13(5-2)10(14)8(3)17-7-6-9(12)11(15)16/h8-9H,4-7,12H2,1-3H3,(H,15,16). The quantitative estimate of drug-likeness (QED) is 0.675. The smallest absolute Gasteiger partial charge is 0.320 e. The summed E-state index contributed by atoms with van der Waals surface area (Å²) in [4.78, 5) is 24.1. The van der Waals surface area contributed by atoms with Crippen LogP contribution in [0.5, 0.6) is 0 Å². The predicted octanol–water partition coefficient (Wildman–Crippen LogP) is 0.778. The van der Waals surface area contributed by atoms with Crippen LogP contribution in [0.3, 0.4) is 0 Å². The average molecular weight is 262 g/mol. The summed E-state index contributed by atoms with van der Waals surface area (Å²) in [6.45, 7) is 7.14. The normalized spacial score (nSPS) is 14.1. The van der Waals surface area contributed by atoms with Gasteiger partial charge in [0.25, 0.3) is 0 Å². The number of carbonyl (C=O) groups excluding carboxylic acids is 1. The molecule has 0 aromatic heterocycles. The lowest BCUT2D eigenvalue weighted by atomic mass is 10.2. The molecule has 100 valence electrons. The zero-order chi connectivity index (χ0) is 13.4. The van der Waals surface area contributed by atoms with E-state index in [9.17, 15) is 9.59 Å². The van der Waals surface area contributed by atoms with Gasteiger partial charge in [0.1, 0.15) is 6.04 Å². The number of rotatable bonds is 8. The summed E-state index contributed by atoms with van der Waals surface area (Å²) in [6.07, 6.45) is 0.385. The average Bonchev–Trinajstić information content (AvgIpc) is 2.29. The molecule has 0 rings (SSSR count). The molecule has 17 heavy (non-hydrogen) atoms. The maximum Gasteiger partial charge on any atom is 0.320 e. The number of thioether (sulfide) groups is 1. The highest BCUT2D eigenvalue weighted by molar-refractivity contribution is 8.00. The predicted molar refractivity (Wildman–Crippen MR) is 70.1 cm³/mol. The minimum atomic E-state index is -0.992. The van der Waals surface area contributed by atoms with E-state index in [1.807, 2.05) is 20.8 Å². The van der Waals surface area contributed by atoms with Crippen LogP contribution in [-0.4, -0.2) is 52.0 Å². The van der Waals surface area contributed by atoms with Gasteiger partial charge in [-0.05, 0) is 32.9 Å². The van der Waals surface area contributed by atoms with Gasteiger partial charge in [0.05, 0.1) is 5.25 Å². The highest BCUT2D eigenvalue weighted by atomic mass is 32.2. The van der Waals surface area contributed by atoms with Crippen molar-refractivity contribution in [1.82, 2.24) is 4.90 Å². The van der Waals surface area contributed by atoms with Gasteiger partial charge in [0.2, 0.25) is 5.91 Å². The van der Waals surface area contributed by atoms with Crippen molar-refractivity contribution in [3.63, 3.8) is 0 Å². The second-order valence-electron chi connectivity index (χ2n) is 3.76. The van der Waals surface area contributed by atoms with Crippen LogP contribution in [0.15, 0.2) is 0 Å². The molecule has 0 radical (unpaired) electrons. The number of nitrogens with two attached hydrogens (primary N) is 1. The SMILES string of the molecule is CCN(CC)C(=O)C(C)SCCC(N)C(=O)O. The molecule has 0 aliphatic rings. The molecule has 0 fully saturated rings. The van der Waals surface area contributed by atoms with Crippen molar-refractivity contribution in [3.05, 3.63) is 0 Å². The van der Waals surface area contributed by atoms with Crippen molar-refractivity contribution in [2.75, 3.05) is 18.8 Å². The lowest BCUT2D eigenvalue weighted by Gasteiger charge is -2.22. The Morgan fingerprint density at radius 3 is 2.29 bits per heavy atom. The third-order valence-corrected chi connectivity index (χ3v) is 3.71. The number of carbonyl (C=O) groups is 2. The summed E-state index contributed by atoms with van der Waals surface area (Å²) in [7, 11) is 0. The summed E-state index contributed by atoms with van der Waals surface area (Å²) >= 11 is 1.45. The molecule has 3 N–H and O–H groups in total. The lowest BCUT2D eigenvalue weighted by molar-refractivity contribution is -0.138. The van der Waals surface area contributed by atoms with Gasteiger partial charge < -0.3 is 15.7 Å². The van der Waals surface area contributed by atoms with Crippen LogP contribution >= 0.6 is 11.8 Å². The van der Waals surface area contributed by atoms with Crippen molar-refractivity contribution < 1.29 is 14.7 Å². The number of hydrogen-bond acceptors (Lipinski definition) is 4. The van der Waals surface area contributed by atoms with Gasteiger partial charge in [-0.2, -0.15) is 0 Å². The maximum absolute atomic E-state index is 11.9. The Morgan fingerprint density at radius 1 is 1.35 bits per heavy atom. The summed E-state index contributed by atoms with van der Waals surface area (Å²) in [5, 5.41) is 8.47. The molecule has 2 atom stereocenters. The maximum atomic E-state index is 11.9. The Kier molecular flexibility index (Phi) is 7.99. The Labute approximate surface area is 107 Å². The minimum Gasteiger partial charge on any atom is -0.480 e. The number of nitrogens with zero attached hydrogens (tertiary/aromatic N) is 1. The number of aliphatic carboxylic acids is 1. The Bertz CT molecular complexity index is 257. The van der Waals surface area contributed by atoms with Crippen LogP contribution in [0.2, 0.25) is 0 Å². The van der Waals surface area contributed by atoms with Gasteiger partial charge in [-0.3, -0.25) is 9.59 Å². The highest BCUT2D eigenvalue weighted by Gasteiger charge is 2.19. The summed E-state index contributed by atoms with van der Waals surface area (Å²) in [6, 6.07) is -0.835. The van der Waals surface area contributed by atoms with Crippen LogP contribution in [0.4, 0.5) is 0 Å². The Balaban J connectivity index is 3.97. The van der Waals surface area contributed by atoms with Crippen LogP contribution in [-0.2, 0) is 9.59 Å². The molecule has 0 aliphatic carbocycles. The Morgan fingerprint density at radius 2 is 1.88 bits per heavy atom. The molecule has 5 nitrogen and oxygen atoms in total. The molecule has 6 heteroatoms. The summed E-state index contributed by atoms with van der Waals surface area (Å²) in [5.41, 5.74) is 5.38. The van der Waals surface area contributed by atoms with Crippen molar-refractivity contribution in [2.45, 2.75) is 38.5 Å². The van der Waals surface area contributed by atoms with Gasteiger partial charge in [-0.25, -0.2) is 0 Å². The van der Waals surface area contributed by atoms with E-state index < -0.39 is 12.0 Å². The molecule has 0 spiro atoms. The fraction of sp³-hybridized carbons (Fsp3) is 0.818. The molecule has 0 saturated carbocycles. The topological polar surface area (TPSA) is 83.6 Å². The minimum absolute atomic E-state index is 0.101. The van der Waals surface area contributed by atoms with Crippen molar-refractivity contribution in [2.24, 2.45) is 5.73 Å². The Hall–Kier alpha value is -0.750. The van der Waals surface area contributed by atoms with Crippen molar-refractivity contribution in [3.8, 4) is 0 Å². The zero-order valence-corrected chi connectivity index (χ0v) is 11.5. The van der Waals surface area contributed by atoms with Gasteiger partial charge in [-0.15, -0.1) is 11.8 Å². The van der Waals surface area contributed by atoms with E-state index in [1.165, 1.54) is 11.8 Å². The second-order valence-corrected chi connectivity index (χ2v) is 5.21. The van der Waals surface area contributed by atoms with Crippen LogP contribution in [0.25, 0.3) is 0 Å². The first-order valence-corrected chi connectivity index (χ1v) is 6.87. The number of carboxylic acid groups (broad SMARTS) is 1. The first kappa shape index (κ1) is 16.2. The fourth-order valence-electron chi connectivity index (χ4n) is 1.36. The highest BCUT2D eigenvalue weighted by Crippen LogP contribution is 2.15. The van der Waals surface area contributed by atoms with Crippen molar-refractivity contribution in [1.29, 1.82) is 0 Å². The van der Waals surface area contributed by atoms with E-state index in [4.69, 9.17) is 10.8 Å². The lowest BCUT2D eigenvalue weighted by Crippen LogP contribution is -2.36. The summed E-state index contributed by atoms with van der Waals surface area (Å²) < 4.78 is 0. The van der Waals surface area contributed by atoms with E-state index in [0.717, 1.165) is 0 Å². The van der Waals surface area contributed by atoms with E-state index in [2.05, 4.69) is 0 Å². The van der Waals surface area contributed by atoms with Crippen LogP contribution in [0.1, 0.15) is 27.2 Å². The number of amides is 1. The molecule has 0 aliphatic heterocycles. The van der Waals surface area contributed by atoms with Gasteiger partial charge in [0.15, 0.2) is 0 Å². The molecule has 0 aromatic rings. The molecule has 0 bridgehead atoms. The second kappa shape index (κ2) is 8.36.